The Bertz CT molecular complexity index is 1100. The van der Waals surface area contributed by atoms with Crippen LogP contribution in [0.3, 0.4) is 0 Å². The molecular weight excluding hydrogens is 438 g/mol. The molecule has 0 atom stereocenters. The van der Waals surface area contributed by atoms with E-state index in [0.717, 1.165) is 24.7 Å². The predicted octanol–water partition coefficient (Wildman–Crippen LogP) is 6.25. The SMILES string of the molecule is CCC(=O)Nc1cccc(Oc2nc(Nc3ccc(N4CCC(C)CC4)cc3)ncc2Cl)c1. The monoisotopic (exact) mass is 465 g/mol. The highest BCUT2D eigenvalue weighted by Crippen LogP contribution is 2.30. The van der Waals surface area contributed by atoms with Crippen molar-refractivity contribution in [2.75, 3.05) is 28.6 Å². The van der Waals surface area contributed by atoms with Crippen LogP contribution in [-0.2, 0) is 4.79 Å². The van der Waals surface area contributed by atoms with E-state index in [0.29, 0.717) is 28.8 Å². The fourth-order valence-corrected chi connectivity index (χ4v) is 3.76. The molecule has 2 N–H and O–H groups in total. The van der Waals surface area contributed by atoms with Crippen molar-refractivity contribution < 1.29 is 9.53 Å². The van der Waals surface area contributed by atoms with Crippen LogP contribution in [0.25, 0.3) is 0 Å². The maximum Gasteiger partial charge on any atom is 0.243 e. The third-order valence-corrected chi connectivity index (χ3v) is 5.90. The first kappa shape index (κ1) is 22.9. The topological polar surface area (TPSA) is 79.4 Å². The van der Waals surface area contributed by atoms with Crippen molar-refractivity contribution in [3.8, 4) is 11.6 Å². The Kier molecular flexibility index (Phi) is 7.29. The van der Waals surface area contributed by atoms with E-state index >= 15 is 0 Å². The number of piperidine rings is 1. The van der Waals surface area contributed by atoms with Gasteiger partial charge in [-0.15, -0.1) is 0 Å². The van der Waals surface area contributed by atoms with Gasteiger partial charge in [0.15, 0.2) is 0 Å². The summed E-state index contributed by atoms with van der Waals surface area (Å²) < 4.78 is 5.87. The van der Waals surface area contributed by atoms with Crippen molar-refractivity contribution in [3.63, 3.8) is 0 Å². The van der Waals surface area contributed by atoms with Gasteiger partial charge in [-0.05, 0) is 55.2 Å². The third-order valence-electron chi connectivity index (χ3n) is 5.64. The minimum atomic E-state index is -0.0698. The minimum Gasteiger partial charge on any atom is -0.437 e. The van der Waals surface area contributed by atoms with Crippen LogP contribution in [0, 0.1) is 5.92 Å². The first-order valence-electron chi connectivity index (χ1n) is 11.2. The van der Waals surface area contributed by atoms with Crippen molar-refractivity contribution in [1.82, 2.24) is 9.97 Å². The molecule has 2 aromatic carbocycles. The summed E-state index contributed by atoms with van der Waals surface area (Å²) in [6.45, 7) is 6.30. The number of anilines is 4. The molecule has 172 valence electrons. The molecule has 2 heterocycles. The van der Waals surface area contributed by atoms with Gasteiger partial charge in [0.2, 0.25) is 17.7 Å². The van der Waals surface area contributed by atoms with Gasteiger partial charge in [0.25, 0.3) is 0 Å². The zero-order valence-corrected chi connectivity index (χ0v) is 19.6. The number of rotatable bonds is 7. The van der Waals surface area contributed by atoms with Crippen molar-refractivity contribution in [2.24, 2.45) is 5.92 Å². The number of amides is 1. The van der Waals surface area contributed by atoms with Crippen LogP contribution in [0.4, 0.5) is 23.0 Å². The molecule has 33 heavy (non-hydrogen) atoms. The van der Waals surface area contributed by atoms with E-state index in [2.05, 4.69) is 44.6 Å². The molecule has 3 aromatic rings. The Morgan fingerprint density at radius 2 is 1.91 bits per heavy atom. The summed E-state index contributed by atoms with van der Waals surface area (Å²) in [4.78, 5) is 22.7. The third kappa shape index (κ3) is 6.14. The lowest BCUT2D eigenvalue weighted by atomic mass is 9.99. The summed E-state index contributed by atoms with van der Waals surface area (Å²) in [6, 6.07) is 15.3. The second-order valence-corrected chi connectivity index (χ2v) is 8.63. The summed E-state index contributed by atoms with van der Waals surface area (Å²) in [7, 11) is 0. The van der Waals surface area contributed by atoms with E-state index in [-0.39, 0.29) is 11.8 Å². The van der Waals surface area contributed by atoms with E-state index in [4.69, 9.17) is 16.3 Å². The van der Waals surface area contributed by atoms with E-state index < -0.39 is 0 Å². The Hall–Kier alpha value is -3.32. The first-order chi connectivity index (χ1) is 16.0. The standard InChI is InChI=1S/C25H28ClN5O2/c1-3-23(32)28-19-5-4-6-21(15-19)33-24-22(26)16-27-25(30-24)29-18-7-9-20(10-8-18)31-13-11-17(2)12-14-31/h4-10,15-17H,3,11-14H2,1-2H3,(H,28,32)(H,27,29,30). The van der Waals surface area contributed by atoms with E-state index in [1.807, 2.05) is 12.1 Å². The van der Waals surface area contributed by atoms with Crippen LogP contribution >= 0.6 is 11.6 Å². The van der Waals surface area contributed by atoms with E-state index in [1.165, 1.54) is 24.7 Å². The average Bonchev–Trinajstić information content (AvgIpc) is 2.82. The van der Waals surface area contributed by atoms with E-state index in [9.17, 15) is 4.79 Å². The summed E-state index contributed by atoms with van der Waals surface area (Å²) in [6.07, 6.45) is 4.36. The van der Waals surface area contributed by atoms with Gasteiger partial charge in [-0.1, -0.05) is 31.5 Å². The Morgan fingerprint density at radius 3 is 2.64 bits per heavy atom. The van der Waals surface area contributed by atoms with Crippen molar-refractivity contribution in [3.05, 3.63) is 59.8 Å². The van der Waals surface area contributed by atoms with Crippen LogP contribution in [0.2, 0.25) is 5.02 Å². The number of halogens is 1. The molecule has 0 spiro atoms. The Labute approximate surface area is 199 Å². The number of carbonyl (C=O) groups is 1. The van der Waals surface area contributed by atoms with Gasteiger partial charge in [0.05, 0.1) is 6.20 Å². The largest absolute Gasteiger partial charge is 0.437 e. The van der Waals surface area contributed by atoms with Crippen molar-refractivity contribution >= 4 is 40.5 Å². The smallest absolute Gasteiger partial charge is 0.243 e. The molecule has 7 nitrogen and oxygen atoms in total. The normalized spacial score (nSPS) is 14.1. The predicted molar refractivity (Wildman–Crippen MR) is 133 cm³/mol. The average molecular weight is 466 g/mol. The lowest BCUT2D eigenvalue weighted by Gasteiger charge is -2.32. The molecule has 4 rings (SSSR count). The molecule has 0 radical (unpaired) electrons. The molecule has 0 unspecified atom stereocenters. The van der Waals surface area contributed by atoms with E-state index in [1.54, 1.807) is 31.2 Å². The molecule has 0 bridgehead atoms. The summed E-state index contributed by atoms with van der Waals surface area (Å²) >= 11 is 6.26. The molecule has 1 fully saturated rings. The number of nitrogens with one attached hydrogen (secondary N) is 2. The number of benzene rings is 2. The summed E-state index contributed by atoms with van der Waals surface area (Å²) in [5, 5.41) is 6.30. The number of hydrogen-bond acceptors (Lipinski definition) is 6. The second kappa shape index (κ2) is 10.5. The minimum absolute atomic E-state index is 0.0698. The van der Waals surface area contributed by atoms with Crippen molar-refractivity contribution in [1.29, 1.82) is 0 Å². The lowest BCUT2D eigenvalue weighted by molar-refractivity contribution is -0.115. The van der Waals surface area contributed by atoms with Gasteiger partial charge in [-0.2, -0.15) is 4.98 Å². The fourth-order valence-electron chi connectivity index (χ4n) is 3.63. The lowest BCUT2D eigenvalue weighted by Crippen LogP contribution is -2.32. The Balaban J connectivity index is 1.43. The molecule has 1 amide bonds. The second-order valence-electron chi connectivity index (χ2n) is 8.22. The zero-order valence-electron chi connectivity index (χ0n) is 18.8. The van der Waals surface area contributed by atoms with Gasteiger partial charge < -0.3 is 20.3 Å². The number of carbonyl (C=O) groups excluding carboxylic acids is 1. The molecular formula is C25H28ClN5O2. The molecule has 8 heteroatoms. The molecule has 1 aromatic heterocycles. The molecule has 0 saturated carbocycles. The number of nitrogens with zero attached hydrogens (tertiary/aromatic N) is 3. The van der Waals surface area contributed by atoms with Gasteiger partial charge in [-0.25, -0.2) is 4.98 Å². The van der Waals surface area contributed by atoms with Crippen LogP contribution in [0.5, 0.6) is 11.6 Å². The number of hydrogen-bond donors (Lipinski definition) is 2. The highest BCUT2D eigenvalue weighted by molar-refractivity contribution is 6.31. The fraction of sp³-hybridized carbons (Fsp3) is 0.320. The number of aromatic nitrogens is 2. The number of ether oxygens (including phenoxy) is 1. The van der Waals surface area contributed by atoms with Gasteiger partial charge in [0.1, 0.15) is 10.8 Å². The summed E-state index contributed by atoms with van der Waals surface area (Å²) in [5.41, 5.74) is 2.75. The summed E-state index contributed by atoms with van der Waals surface area (Å²) in [5.74, 6) is 1.85. The molecule has 1 saturated heterocycles. The quantitative estimate of drug-likeness (QED) is 0.429. The highest BCUT2D eigenvalue weighted by Gasteiger charge is 2.16. The van der Waals surface area contributed by atoms with Crippen LogP contribution in [0.1, 0.15) is 33.1 Å². The molecule has 1 aliphatic rings. The van der Waals surface area contributed by atoms with Crippen LogP contribution < -0.4 is 20.3 Å². The van der Waals surface area contributed by atoms with Gasteiger partial charge in [-0.3, -0.25) is 4.79 Å². The molecule has 0 aliphatic carbocycles. The Morgan fingerprint density at radius 1 is 1.15 bits per heavy atom. The van der Waals surface area contributed by atoms with Gasteiger partial charge >= 0.3 is 0 Å². The zero-order chi connectivity index (χ0) is 23.2. The maximum atomic E-state index is 11.6. The maximum absolute atomic E-state index is 11.6. The molecule has 1 aliphatic heterocycles. The van der Waals surface area contributed by atoms with Crippen LogP contribution in [-0.4, -0.2) is 29.0 Å². The highest BCUT2D eigenvalue weighted by atomic mass is 35.5. The first-order valence-corrected chi connectivity index (χ1v) is 11.6. The van der Waals surface area contributed by atoms with Gasteiger partial charge in [0, 0.05) is 42.6 Å². The van der Waals surface area contributed by atoms with Crippen molar-refractivity contribution in [2.45, 2.75) is 33.1 Å². The van der Waals surface area contributed by atoms with Crippen LogP contribution in [0.15, 0.2) is 54.7 Å².